The van der Waals surface area contributed by atoms with Crippen molar-refractivity contribution in [2.24, 2.45) is 5.92 Å². The third-order valence-corrected chi connectivity index (χ3v) is 7.81. The fraction of sp³-hybridized carbons (Fsp3) is 0.550. The smallest absolute Gasteiger partial charge is 0.341 e. The summed E-state index contributed by atoms with van der Waals surface area (Å²) in [6.45, 7) is 0. The molecule has 0 aromatic heterocycles. The molecule has 1 aromatic rings. The Labute approximate surface area is 172 Å². The Morgan fingerprint density at radius 3 is 2.35 bits per heavy atom. The number of carbonyl (C=O) groups excluding carboxylic acids is 1. The number of halogens is 3. The van der Waals surface area contributed by atoms with Crippen LogP contribution in [0.4, 0.5) is 0 Å². The molecule has 1 aliphatic rings. The van der Waals surface area contributed by atoms with E-state index in [9.17, 15) is 4.79 Å². The first-order valence-electron chi connectivity index (χ1n) is 9.30. The van der Waals surface area contributed by atoms with Crippen molar-refractivity contribution in [1.29, 1.82) is 0 Å². The van der Waals surface area contributed by atoms with Crippen LogP contribution in [0, 0.1) is 5.92 Å². The quantitative estimate of drug-likeness (QED) is 0.145. The first kappa shape index (κ1) is 21.8. The summed E-state index contributed by atoms with van der Waals surface area (Å²) in [7, 11) is 1.38. The third-order valence-electron chi connectivity index (χ3n) is 5.19. The van der Waals surface area contributed by atoms with Crippen LogP contribution in [0.25, 0.3) is 6.08 Å². The number of hydrogen-bond acceptors (Lipinski definition) is 2. The van der Waals surface area contributed by atoms with E-state index in [1.807, 2.05) is 0 Å². The maximum Gasteiger partial charge on any atom is 0.341 e. The summed E-state index contributed by atoms with van der Waals surface area (Å²) >= 11 is 17.8. The maximum absolute atomic E-state index is 11.1. The lowest BCUT2D eigenvalue weighted by molar-refractivity contribution is -0.134. The number of benzene rings is 1. The van der Waals surface area contributed by atoms with Gasteiger partial charge in [-0.15, -0.1) is 33.2 Å². The van der Waals surface area contributed by atoms with Gasteiger partial charge in [-0.3, -0.25) is 0 Å². The number of unbranched alkanes of at least 4 members (excludes halogenated alkanes) is 1. The SMILES string of the molecule is COC(=O)/C=C/c1ccc(C2CCC(CCCC[Si](Cl)(Cl)Cl)CC2)cc1. The van der Waals surface area contributed by atoms with Crippen molar-refractivity contribution in [2.75, 3.05) is 7.11 Å². The molecule has 1 aromatic carbocycles. The van der Waals surface area contributed by atoms with Gasteiger partial charge in [-0.05, 0) is 60.8 Å². The molecule has 1 aliphatic carbocycles. The van der Waals surface area contributed by atoms with Crippen molar-refractivity contribution < 1.29 is 9.53 Å². The molecule has 6 heteroatoms. The normalized spacial score (nSPS) is 21.1. The molecule has 0 heterocycles. The van der Waals surface area contributed by atoms with Crippen LogP contribution in [0.15, 0.2) is 30.3 Å². The monoisotopic (exact) mass is 432 g/mol. The maximum atomic E-state index is 11.1. The first-order chi connectivity index (χ1) is 12.4. The highest BCUT2D eigenvalue weighted by Crippen LogP contribution is 2.38. The molecule has 1 fully saturated rings. The van der Waals surface area contributed by atoms with Gasteiger partial charge < -0.3 is 4.74 Å². The largest absolute Gasteiger partial charge is 0.466 e. The minimum absolute atomic E-state index is 0.330. The molecule has 0 bridgehead atoms. The van der Waals surface area contributed by atoms with Crippen LogP contribution < -0.4 is 0 Å². The molecule has 0 radical (unpaired) electrons. The Bertz CT molecular complexity index is 588. The van der Waals surface area contributed by atoms with Crippen LogP contribution in [-0.2, 0) is 9.53 Å². The summed E-state index contributed by atoms with van der Waals surface area (Å²) in [5.74, 6) is 1.15. The van der Waals surface area contributed by atoms with Gasteiger partial charge in [-0.1, -0.05) is 43.5 Å². The van der Waals surface area contributed by atoms with Crippen molar-refractivity contribution in [3.05, 3.63) is 41.5 Å². The standard InChI is InChI=1S/C20H27Cl3O2Si/c1-25-20(24)14-9-17-7-12-19(13-8-17)18-10-5-16(6-11-18)4-2-3-15-26(21,22)23/h7-9,12-14,16,18H,2-6,10-11,15H2,1H3/b14-9+. The summed E-state index contributed by atoms with van der Waals surface area (Å²) in [5.41, 5.74) is 2.42. The molecule has 0 N–H and O–H groups in total. The van der Waals surface area contributed by atoms with E-state index in [2.05, 4.69) is 29.0 Å². The molecule has 0 spiro atoms. The number of methoxy groups -OCH3 is 1. The van der Waals surface area contributed by atoms with Gasteiger partial charge in [0.15, 0.2) is 0 Å². The Morgan fingerprint density at radius 2 is 1.77 bits per heavy atom. The van der Waals surface area contributed by atoms with E-state index >= 15 is 0 Å². The van der Waals surface area contributed by atoms with E-state index in [1.54, 1.807) is 6.08 Å². The van der Waals surface area contributed by atoms with Gasteiger partial charge in [0.1, 0.15) is 0 Å². The molecule has 1 saturated carbocycles. The zero-order valence-corrected chi connectivity index (χ0v) is 18.5. The topological polar surface area (TPSA) is 26.3 Å². The molecule has 0 unspecified atom stereocenters. The van der Waals surface area contributed by atoms with E-state index in [4.69, 9.17) is 33.2 Å². The Kier molecular flexibility index (Phi) is 9.02. The second-order valence-corrected chi connectivity index (χ2v) is 16.4. The highest BCUT2D eigenvalue weighted by molar-refractivity contribution is 7.64. The second kappa shape index (κ2) is 10.7. The van der Waals surface area contributed by atoms with Crippen molar-refractivity contribution in [3.8, 4) is 0 Å². The molecule has 0 aliphatic heterocycles. The van der Waals surface area contributed by atoms with E-state index in [-0.39, 0.29) is 5.97 Å². The van der Waals surface area contributed by atoms with Crippen LogP contribution in [0.1, 0.15) is 62.0 Å². The van der Waals surface area contributed by atoms with Crippen molar-refractivity contribution in [3.63, 3.8) is 0 Å². The number of carbonyl (C=O) groups is 1. The van der Waals surface area contributed by atoms with Crippen molar-refractivity contribution >= 4 is 51.3 Å². The van der Waals surface area contributed by atoms with Gasteiger partial charge in [-0.2, -0.15) is 0 Å². The fourth-order valence-electron chi connectivity index (χ4n) is 3.65. The molecule has 144 valence electrons. The molecule has 0 amide bonds. The minimum atomic E-state index is -2.43. The Hall–Kier alpha value is -0.483. The van der Waals surface area contributed by atoms with Crippen LogP contribution in [-0.4, -0.2) is 19.1 Å². The average Bonchev–Trinajstić information content (AvgIpc) is 2.63. The summed E-state index contributed by atoms with van der Waals surface area (Å²) < 4.78 is 4.61. The van der Waals surface area contributed by atoms with Crippen LogP contribution in [0.5, 0.6) is 0 Å². The average molecular weight is 434 g/mol. The number of hydrogen-bond donors (Lipinski definition) is 0. The number of ether oxygens (including phenoxy) is 1. The fourth-order valence-corrected chi connectivity index (χ4v) is 5.51. The van der Waals surface area contributed by atoms with E-state index in [0.29, 0.717) is 5.92 Å². The van der Waals surface area contributed by atoms with E-state index < -0.39 is 6.00 Å². The Morgan fingerprint density at radius 1 is 1.12 bits per heavy atom. The number of rotatable bonds is 8. The van der Waals surface area contributed by atoms with Gasteiger partial charge >= 0.3 is 12.0 Å². The van der Waals surface area contributed by atoms with Crippen LogP contribution >= 0.6 is 33.2 Å². The predicted molar refractivity (Wildman–Crippen MR) is 114 cm³/mol. The lowest BCUT2D eigenvalue weighted by Gasteiger charge is -2.29. The highest BCUT2D eigenvalue weighted by atomic mass is 35.8. The summed E-state index contributed by atoms with van der Waals surface area (Å²) in [6, 6.07) is 6.87. The molecular formula is C20H27Cl3O2Si. The lowest BCUT2D eigenvalue weighted by Crippen LogP contribution is -2.14. The Balaban J connectivity index is 1.74. The minimum Gasteiger partial charge on any atom is -0.466 e. The molecule has 2 nitrogen and oxygen atoms in total. The zero-order valence-electron chi connectivity index (χ0n) is 15.2. The lowest BCUT2D eigenvalue weighted by atomic mass is 9.77. The van der Waals surface area contributed by atoms with Gasteiger partial charge in [-0.25, -0.2) is 4.79 Å². The van der Waals surface area contributed by atoms with E-state index in [0.717, 1.165) is 23.9 Å². The van der Waals surface area contributed by atoms with Gasteiger partial charge in [0, 0.05) is 6.08 Å². The zero-order chi connectivity index (χ0) is 19.0. The second-order valence-electron chi connectivity index (χ2n) is 7.10. The first-order valence-corrected chi connectivity index (χ1v) is 14.5. The van der Waals surface area contributed by atoms with Gasteiger partial charge in [0.2, 0.25) is 0 Å². The molecule has 26 heavy (non-hydrogen) atoms. The molecule has 2 rings (SSSR count). The van der Waals surface area contributed by atoms with Crippen molar-refractivity contribution in [2.45, 2.75) is 56.9 Å². The van der Waals surface area contributed by atoms with E-state index in [1.165, 1.54) is 57.3 Å². The van der Waals surface area contributed by atoms with Crippen LogP contribution in [0.3, 0.4) is 0 Å². The summed E-state index contributed by atoms with van der Waals surface area (Å²) in [6.07, 6.45) is 11.8. The van der Waals surface area contributed by atoms with Gasteiger partial charge in [0.25, 0.3) is 0 Å². The predicted octanol–water partition coefficient (Wildman–Crippen LogP) is 6.97. The highest BCUT2D eigenvalue weighted by Gasteiger charge is 2.25. The molecule has 0 saturated heterocycles. The molecule has 0 atom stereocenters. The number of esters is 1. The van der Waals surface area contributed by atoms with Crippen molar-refractivity contribution in [1.82, 2.24) is 0 Å². The van der Waals surface area contributed by atoms with Crippen LogP contribution in [0.2, 0.25) is 6.04 Å². The molecular weight excluding hydrogens is 407 g/mol. The third kappa shape index (κ3) is 8.04. The summed E-state index contributed by atoms with van der Waals surface area (Å²) in [5, 5.41) is 0. The summed E-state index contributed by atoms with van der Waals surface area (Å²) in [4.78, 5) is 11.1. The van der Waals surface area contributed by atoms with Gasteiger partial charge in [0.05, 0.1) is 7.11 Å².